The van der Waals surface area contributed by atoms with Gasteiger partial charge in [0.1, 0.15) is 0 Å². The van der Waals surface area contributed by atoms with Gasteiger partial charge in [-0.2, -0.15) is 11.3 Å². The molecule has 1 fully saturated rings. The zero-order chi connectivity index (χ0) is 10.7. The number of carbonyl (C=O) groups excluding carboxylic acids is 1. The van der Waals surface area contributed by atoms with Gasteiger partial charge in [-0.25, -0.2) is 0 Å². The number of hydrogen-bond donors (Lipinski definition) is 2. The molecule has 1 aromatic rings. The Hall–Kier alpha value is -0.870. The Morgan fingerprint density at radius 3 is 2.80 bits per heavy atom. The number of aliphatic hydroxyl groups excluding tert-OH is 1. The van der Waals surface area contributed by atoms with Crippen LogP contribution >= 0.6 is 11.3 Å². The smallest absolute Gasteiger partial charge is 0.252 e. The third kappa shape index (κ3) is 2.21. The van der Waals surface area contributed by atoms with Gasteiger partial charge in [-0.15, -0.1) is 0 Å². The Bertz CT molecular complexity index is 328. The fraction of sp³-hybridized carbons (Fsp3) is 0.545. The van der Waals surface area contributed by atoms with E-state index in [0.29, 0.717) is 5.56 Å². The van der Waals surface area contributed by atoms with Gasteiger partial charge in [-0.05, 0) is 24.3 Å². The van der Waals surface area contributed by atoms with E-state index in [1.54, 1.807) is 6.07 Å². The lowest BCUT2D eigenvalue weighted by Gasteiger charge is -2.27. The normalized spacial score (nSPS) is 19.0. The van der Waals surface area contributed by atoms with E-state index in [0.717, 1.165) is 25.7 Å². The van der Waals surface area contributed by atoms with E-state index in [2.05, 4.69) is 5.32 Å². The molecule has 82 valence electrons. The first kappa shape index (κ1) is 10.6. The molecule has 1 amide bonds. The Morgan fingerprint density at radius 1 is 1.53 bits per heavy atom. The van der Waals surface area contributed by atoms with Gasteiger partial charge in [0.15, 0.2) is 0 Å². The van der Waals surface area contributed by atoms with Crippen molar-refractivity contribution in [2.45, 2.75) is 31.2 Å². The molecule has 2 N–H and O–H groups in total. The summed E-state index contributed by atoms with van der Waals surface area (Å²) in [4.78, 5) is 11.8. The first-order valence-corrected chi connectivity index (χ1v) is 6.16. The van der Waals surface area contributed by atoms with E-state index < -0.39 is 0 Å². The highest BCUT2D eigenvalue weighted by Crippen LogP contribution is 2.29. The van der Waals surface area contributed by atoms with E-state index in [9.17, 15) is 9.90 Å². The highest BCUT2D eigenvalue weighted by Gasteiger charge is 2.34. The summed E-state index contributed by atoms with van der Waals surface area (Å²) in [6.07, 6.45) is 3.95. The van der Waals surface area contributed by atoms with Gasteiger partial charge in [0.25, 0.3) is 5.91 Å². The molecule has 1 aliphatic carbocycles. The van der Waals surface area contributed by atoms with Gasteiger partial charge in [0, 0.05) is 5.38 Å². The second-order valence-corrected chi connectivity index (χ2v) is 4.89. The van der Waals surface area contributed by atoms with Crippen LogP contribution in [0.3, 0.4) is 0 Å². The summed E-state index contributed by atoms with van der Waals surface area (Å²) in [6, 6.07) is 1.81. The molecular formula is C11H15NO2S. The average molecular weight is 225 g/mol. The minimum Gasteiger partial charge on any atom is -0.394 e. The molecule has 1 heterocycles. The van der Waals surface area contributed by atoms with Crippen molar-refractivity contribution in [3.05, 3.63) is 22.4 Å². The van der Waals surface area contributed by atoms with Crippen molar-refractivity contribution < 1.29 is 9.90 Å². The molecule has 0 bridgehead atoms. The van der Waals surface area contributed by atoms with E-state index in [1.807, 2.05) is 10.8 Å². The van der Waals surface area contributed by atoms with Crippen LogP contribution in [0.4, 0.5) is 0 Å². The Labute approximate surface area is 93.1 Å². The lowest BCUT2D eigenvalue weighted by Crippen LogP contribution is -2.49. The summed E-state index contributed by atoms with van der Waals surface area (Å²) in [5.41, 5.74) is 0.332. The minimum atomic E-state index is -0.362. The van der Waals surface area contributed by atoms with Crippen molar-refractivity contribution in [2.75, 3.05) is 6.61 Å². The van der Waals surface area contributed by atoms with Gasteiger partial charge < -0.3 is 10.4 Å². The molecule has 1 saturated carbocycles. The van der Waals surface area contributed by atoms with E-state index >= 15 is 0 Å². The van der Waals surface area contributed by atoms with Crippen LogP contribution in [0, 0.1) is 0 Å². The minimum absolute atomic E-state index is 0.0445. The van der Waals surface area contributed by atoms with Crippen LogP contribution in [0.2, 0.25) is 0 Å². The molecule has 2 rings (SSSR count). The summed E-state index contributed by atoms with van der Waals surface area (Å²) in [6.45, 7) is 0.0445. The summed E-state index contributed by atoms with van der Waals surface area (Å²) in [7, 11) is 0. The van der Waals surface area contributed by atoms with Gasteiger partial charge in [0.05, 0.1) is 17.7 Å². The monoisotopic (exact) mass is 225 g/mol. The summed E-state index contributed by atoms with van der Waals surface area (Å²) in [5.74, 6) is -0.0628. The molecule has 4 heteroatoms. The van der Waals surface area contributed by atoms with Crippen LogP contribution in [0.5, 0.6) is 0 Å². The predicted molar refractivity (Wildman–Crippen MR) is 60.1 cm³/mol. The van der Waals surface area contributed by atoms with Crippen molar-refractivity contribution >= 4 is 17.2 Å². The number of amides is 1. The van der Waals surface area contributed by atoms with Gasteiger partial charge in [-0.3, -0.25) is 4.79 Å². The van der Waals surface area contributed by atoms with E-state index in [-0.39, 0.29) is 18.1 Å². The molecule has 1 aromatic heterocycles. The van der Waals surface area contributed by atoms with Crippen LogP contribution in [0.1, 0.15) is 36.0 Å². The van der Waals surface area contributed by atoms with Crippen LogP contribution in [-0.2, 0) is 0 Å². The van der Waals surface area contributed by atoms with Crippen LogP contribution in [0.25, 0.3) is 0 Å². The molecule has 3 nitrogen and oxygen atoms in total. The highest BCUT2D eigenvalue weighted by atomic mass is 32.1. The number of rotatable bonds is 3. The molecule has 1 aliphatic rings. The molecule has 0 radical (unpaired) electrons. The molecule has 15 heavy (non-hydrogen) atoms. The van der Waals surface area contributed by atoms with Gasteiger partial charge >= 0.3 is 0 Å². The van der Waals surface area contributed by atoms with Crippen molar-refractivity contribution in [3.8, 4) is 0 Å². The van der Waals surface area contributed by atoms with Crippen molar-refractivity contribution in [1.29, 1.82) is 0 Å². The summed E-state index contributed by atoms with van der Waals surface area (Å²) >= 11 is 1.51. The fourth-order valence-electron chi connectivity index (χ4n) is 2.08. The van der Waals surface area contributed by atoms with E-state index in [4.69, 9.17) is 0 Å². The third-order valence-corrected chi connectivity index (χ3v) is 3.71. The molecule has 0 unspecified atom stereocenters. The maximum Gasteiger partial charge on any atom is 0.252 e. The number of hydrogen-bond acceptors (Lipinski definition) is 3. The van der Waals surface area contributed by atoms with E-state index in [1.165, 1.54) is 11.3 Å². The molecule has 0 spiro atoms. The fourth-order valence-corrected chi connectivity index (χ4v) is 2.72. The average Bonchev–Trinajstić information content (AvgIpc) is 2.88. The number of carbonyl (C=O) groups is 1. The lowest BCUT2D eigenvalue weighted by atomic mass is 9.98. The Morgan fingerprint density at radius 2 is 2.27 bits per heavy atom. The van der Waals surface area contributed by atoms with Gasteiger partial charge in [-0.1, -0.05) is 12.8 Å². The van der Waals surface area contributed by atoms with Crippen molar-refractivity contribution in [2.24, 2.45) is 0 Å². The zero-order valence-corrected chi connectivity index (χ0v) is 9.35. The molecular weight excluding hydrogens is 210 g/mol. The number of thiophene rings is 1. The first-order valence-electron chi connectivity index (χ1n) is 5.21. The van der Waals surface area contributed by atoms with Gasteiger partial charge in [0.2, 0.25) is 0 Å². The second-order valence-electron chi connectivity index (χ2n) is 4.11. The summed E-state index contributed by atoms with van der Waals surface area (Å²) < 4.78 is 0. The standard InChI is InChI=1S/C11H15NO2S/c13-8-11(4-1-2-5-11)12-10(14)9-3-6-15-7-9/h3,6-7,13H,1-2,4-5,8H2,(H,12,14). The predicted octanol–water partition coefficient (Wildman–Crippen LogP) is 1.78. The Balaban J connectivity index is 2.04. The molecule has 0 aliphatic heterocycles. The van der Waals surface area contributed by atoms with Crippen molar-refractivity contribution in [3.63, 3.8) is 0 Å². The van der Waals surface area contributed by atoms with Crippen LogP contribution in [0.15, 0.2) is 16.8 Å². The number of nitrogens with one attached hydrogen (secondary N) is 1. The topological polar surface area (TPSA) is 49.3 Å². The SMILES string of the molecule is O=C(NC1(CO)CCCC1)c1ccsc1. The lowest BCUT2D eigenvalue weighted by molar-refractivity contribution is 0.0839. The maximum absolute atomic E-state index is 11.8. The first-order chi connectivity index (χ1) is 7.26. The van der Waals surface area contributed by atoms with Crippen LogP contribution in [-0.4, -0.2) is 23.2 Å². The largest absolute Gasteiger partial charge is 0.394 e. The quantitative estimate of drug-likeness (QED) is 0.824. The van der Waals surface area contributed by atoms with Crippen LogP contribution < -0.4 is 5.32 Å². The zero-order valence-electron chi connectivity index (χ0n) is 8.53. The molecule has 0 atom stereocenters. The molecule has 0 saturated heterocycles. The molecule has 0 aromatic carbocycles. The maximum atomic E-state index is 11.8. The second kappa shape index (κ2) is 4.33. The summed E-state index contributed by atoms with van der Waals surface area (Å²) in [5, 5.41) is 16.0. The number of aliphatic hydroxyl groups is 1. The Kier molecular flexibility index (Phi) is 3.07. The third-order valence-electron chi connectivity index (χ3n) is 3.03. The highest BCUT2D eigenvalue weighted by molar-refractivity contribution is 7.08. The van der Waals surface area contributed by atoms with Crippen molar-refractivity contribution in [1.82, 2.24) is 5.32 Å².